The Kier molecular flexibility index (Phi) is 4.01. The van der Waals surface area contributed by atoms with Crippen molar-refractivity contribution in [3.63, 3.8) is 0 Å². The van der Waals surface area contributed by atoms with E-state index in [0.29, 0.717) is 4.99 Å². The van der Waals surface area contributed by atoms with Gasteiger partial charge in [-0.3, -0.25) is 4.57 Å². The molecule has 1 aliphatic rings. The first-order valence-corrected chi connectivity index (χ1v) is 7.96. The number of hydrogen-bond donors (Lipinski definition) is 1. The molecule has 0 fully saturated rings. The summed E-state index contributed by atoms with van der Waals surface area (Å²) < 4.78 is 2.03. The molecule has 5 heteroatoms. The second-order valence-corrected chi connectivity index (χ2v) is 5.94. The highest BCUT2D eigenvalue weighted by atomic mass is 32.1. The van der Waals surface area contributed by atoms with Gasteiger partial charge in [-0.15, -0.1) is 0 Å². The minimum Gasteiger partial charge on any atom is -0.389 e. The summed E-state index contributed by atoms with van der Waals surface area (Å²) in [6.07, 6.45) is 10.3. The summed E-state index contributed by atoms with van der Waals surface area (Å²) in [5, 5.41) is 0. The van der Waals surface area contributed by atoms with Crippen LogP contribution in [0.2, 0.25) is 0 Å². The number of aromatic nitrogens is 3. The van der Waals surface area contributed by atoms with Crippen molar-refractivity contribution < 1.29 is 0 Å². The molecule has 3 rings (SSSR count). The normalized spacial score (nSPS) is 14.0. The molecule has 0 aromatic carbocycles. The average molecular weight is 300 g/mol. The minimum atomic E-state index is 0.405. The number of nitrogens with two attached hydrogens (primary N) is 1. The van der Waals surface area contributed by atoms with E-state index < -0.39 is 0 Å². The molecule has 110 valence electrons. The monoisotopic (exact) mass is 300 g/mol. The van der Waals surface area contributed by atoms with Crippen molar-refractivity contribution >= 4 is 17.2 Å². The SMILES string of the molecule is CCCc1nccn1-c1nc2c(cc1C(N)=S)CCCC2. The summed E-state index contributed by atoms with van der Waals surface area (Å²) in [5.41, 5.74) is 9.28. The summed E-state index contributed by atoms with van der Waals surface area (Å²) >= 11 is 5.24. The van der Waals surface area contributed by atoms with Crippen LogP contribution >= 0.6 is 12.2 Å². The van der Waals surface area contributed by atoms with E-state index in [0.717, 1.165) is 42.9 Å². The molecule has 0 atom stereocenters. The zero-order valence-electron chi connectivity index (χ0n) is 12.3. The van der Waals surface area contributed by atoms with Crippen molar-refractivity contribution in [3.05, 3.63) is 41.1 Å². The van der Waals surface area contributed by atoms with Gasteiger partial charge in [0.05, 0.1) is 5.56 Å². The standard InChI is InChI=1S/C16H20N4S/c1-2-5-14-18-8-9-20(14)16-12(15(17)21)10-11-6-3-4-7-13(11)19-16/h8-10H,2-7H2,1H3,(H2,17,21). The lowest BCUT2D eigenvalue weighted by molar-refractivity contribution is 0.663. The Morgan fingerprint density at radius 2 is 2.19 bits per heavy atom. The lowest BCUT2D eigenvalue weighted by Crippen LogP contribution is -2.19. The third kappa shape index (κ3) is 2.70. The highest BCUT2D eigenvalue weighted by Crippen LogP contribution is 2.25. The van der Waals surface area contributed by atoms with Gasteiger partial charge in [-0.2, -0.15) is 0 Å². The second kappa shape index (κ2) is 5.93. The van der Waals surface area contributed by atoms with Gasteiger partial charge in [0.2, 0.25) is 0 Å². The van der Waals surface area contributed by atoms with E-state index in [9.17, 15) is 0 Å². The Balaban J connectivity index is 2.15. The minimum absolute atomic E-state index is 0.405. The maximum Gasteiger partial charge on any atom is 0.148 e. The second-order valence-electron chi connectivity index (χ2n) is 5.50. The van der Waals surface area contributed by atoms with Crippen LogP contribution < -0.4 is 5.73 Å². The smallest absolute Gasteiger partial charge is 0.148 e. The molecule has 2 aromatic rings. The van der Waals surface area contributed by atoms with Crippen molar-refractivity contribution in [1.82, 2.24) is 14.5 Å². The predicted octanol–water partition coefficient (Wildman–Crippen LogP) is 2.73. The largest absolute Gasteiger partial charge is 0.389 e. The molecule has 0 unspecified atom stereocenters. The number of fused-ring (bicyclic) bond motifs is 1. The Labute approximate surface area is 130 Å². The van der Waals surface area contributed by atoms with Gasteiger partial charge in [-0.1, -0.05) is 19.1 Å². The van der Waals surface area contributed by atoms with E-state index in [-0.39, 0.29) is 0 Å². The van der Waals surface area contributed by atoms with Gasteiger partial charge in [0.15, 0.2) is 0 Å². The Morgan fingerprint density at radius 3 is 2.95 bits per heavy atom. The highest BCUT2D eigenvalue weighted by molar-refractivity contribution is 7.80. The number of thiocarbonyl (C=S) groups is 1. The van der Waals surface area contributed by atoms with Crippen molar-refractivity contribution in [3.8, 4) is 5.82 Å². The maximum atomic E-state index is 5.94. The molecule has 2 N–H and O–H groups in total. The number of pyridine rings is 1. The number of nitrogens with zero attached hydrogens (tertiary/aromatic N) is 3. The van der Waals surface area contributed by atoms with Crippen LogP contribution in [0.25, 0.3) is 5.82 Å². The number of hydrogen-bond acceptors (Lipinski definition) is 3. The lowest BCUT2D eigenvalue weighted by Gasteiger charge is -2.19. The molecule has 0 aliphatic heterocycles. The summed E-state index contributed by atoms with van der Waals surface area (Å²) in [7, 11) is 0. The van der Waals surface area contributed by atoms with Gasteiger partial charge in [0, 0.05) is 24.5 Å². The van der Waals surface area contributed by atoms with E-state index in [4.69, 9.17) is 22.9 Å². The van der Waals surface area contributed by atoms with Crippen LogP contribution in [0.3, 0.4) is 0 Å². The third-order valence-corrected chi connectivity index (χ3v) is 4.19. The lowest BCUT2D eigenvalue weighted by atomic mass is 9.94. The molecule has 4 nitrogen and oxygen atoms in total. The average Bonchev–Trinajstić information content (AvgIpc) is 2.94. The first kappa shape index (κ1) is 14.2. The van der Waals surface area contributed by atoms with Gasteiger partial charge in [-0.05, 0) is 43.7 Å². The Bertz CT molecular complexity index is 675. The fraction of sp³-hybridized carbons (Fsp3) is 0.438. The number of imidazole rings is 1. The van der Waals surface area contributed by atoms with Gasteiger partial charge < -0.3 is 5.73 Å². The molecular weight excluding hydrogens is 280 g/mol. The number of rotatable bonds is 4. The molecule has 0 radical (unpaired) electrons. The van der Waals surface area contributed by atoms with Crippen molar-refractivity contribution in [1.29, 1.82) is 0 Å². The van der Waals surface area contributed by atoms with E-state index >= 15 is 0 Å². The fourth-order valence-corrected chi connectivity index (χ4v) is 3.07. The van der Waals surface area contributed by atoms with Crippen molar-refractivity contribution in [2.45, 2.75) is 45.4 Å². The summed E-state index contributed by atoms with van der Waals surface area (Å²) in [6, 6.07) is 2.13. The van der Waals surface area contributed by atoms with Crippen LogP contribution in [0, 0.1) is 0 Å². The van der Waals surface area contributed by atoms with Gasteiger partial charge in [-0.25, -0.2) is 9.97 Å². The van der Waals surface area contributed by atoms with Crippen LogP contribution in [-0.2, 0) is 19.3 Å². The van der Waals surface area contributed by atoms with Crippen LogP contribution in [0.15, 0.2) is 18.5 Å². The number of aryl methyl sites for hydroxylation is 3. The predicted molar refractivity (Wildman–Crippen MR) is 87.9 cm³/mol. The summed E-state index contributed by atoms with van der Waals surface area (Å²) in [4.78, 5) is 9.71. The summed E-state index contributed by atoms with van der Waals surface area (Å²) in [5.74, 6) is 1.85. The maximum absolute atomic E-state index is 5.94. The Hall–Kier alpha value is -1.75. The van der Waals surface area contributed by atoms with E-state index in [1.807, 2.05) is 17.0 Å². The van der Waals surface area contributed by atoms with E-state index in [1.54, 1.807) is 0 Å². The first-order chi connectivity index (χ1) is 10.2. The van der Waals surface area contributed by atoms with Crippen LogP contribution in [-0.4, -0.2) is 19.5 Å². The highest BCUT2D eigenvalue weighted by Gasteiger charge is 2.18. The van der Waals surface area contributed by atoms with Crippen molar-refractivity contribution in [2.75, 3.05) is 0 Å². The molecule has 0 saturated carbocycles. The van der Waals surface area contributed by atoms with E-state index in [1.165, 1.54) is 24.1 Å². The molecule has 1 aliphatic carbocycles. The van der Waals surface area contributed by atoms with E-state index in [2.05, 4.69) is 18.0 Å². The molecule has 0 saturated heterocycles. The van der Waals surface area contributed by atoms with Gasteiger partial charge in [0.25, 0.3) is 0 Å². The topological polar surface area (TPSA) is 56.7 Å². The molecule has 0 bridgehead atoms. The fourth-order valence-electron chi connectivity index (χ4n) is 2.92. The molecule has 2 aromatic heterocycles. The zero-order valence-corrected chi connectivity index (χ0v) is 13.1. The Morgan fingerprint density at radius 1 is 1.38 bits per heavy atom. The van der Waals surface area contributed by atoms with Crippen LogP contribution in [0.5, 0.6) is 0 Å². The first-order valence-electron chi connectivity index (χ1n) is 7.56. The van der Waals surface area contributed by atoms with Gasteiger partial charge >= 0.3 is 0 Å². The van der Waals surface area contributed by atoms with Crippen molar-refractivity contribution in [2.24, 2.45) is 5.73 Å². The van der Waals surface area contributed by atoms with Crippen LogP contribution in [0.4, 0.5) is 0 Å². The molecule has 0 amide bonds. The van der Waals surface area contributed by atoms with Gasteiger partial charge in [0.1, 0.15) is 16.6 Å². The molecule has 21 heavy (non-hydrogen) atoms. The molecular formula is C16H20N4S. The molecule has 2 heterocycles. The van der Waals surface area contributed by atoms with Crippen LogP contribution in [0.1, 0.15) is 48.8 Å². The third-order valence-electron chi connectivity index (χ3n) is 3.97. The quantitative estimate of drug-likeness (QED) is 0.882. The summed E-state index contributed by atoms with van der Waals surface area (Å²) in [6.45, 7) is 2.15. The zero-order chi connectivity index (χ0) is 14.8. The molecule has 0 spiro atoms.